The average Bonchev–Trinajstić information content (AvgIpc) is 2.27. The largest absolute Gasteiger partial charge is 0.352 e. The van der Waals surface area contributed by atoms with Crippen LogP contribution in [-0.2, 0) is 4.79 Å². The zero-order valence-electron chi connectivity index (χ0n) is 11.5. The molecule has 0 bridgehead atoms. The van der Waals surface area contributed by atoms with Gasteiger partial charge in [-0.3, -0.25) is 4.79 Å². The highest BCUT2D eigenvalue weighted by Crippen LogP contribution is 2.02. The minimum Gasteiger partial charge on any atom is -0.352 e. The minimum atomic E-state index is -0.0921. The molecule has 1 amide bonds. The minimum absolute atomic E-state index is 0.0921. The molecular formula is C13H28N2O. The molecule has 0 aliphatic heterocycles. The number of hydrogen-bond acceptors (Lipinski definition) is 2. The van der Waals surface area contributed by atoms with Gasteiger partial charge in [-0.1, -0.05) is 27.2 Å². The molecule has 3 unspecified atom stereocenters. The van der Waals surface area contributed by atoms with Gasteiger partial charge in [-0.05, 0) is 33.1 Å². The van der Waals surface area contributed by atoms with Crippen molar-refractivity contribution >= 4 is 5.91 Å². The highest BCUT2D eigenvalue weighted by molar-refractivity contribution is 5.81. The Labute approximate surface area is 100 Å². The molecule has 3 nitrogen and oxygen atoms in total. The van der Waals surface area contributed by atoms with Crippen LogP contribution in [-0.4, -0.2) is 24.0 Å². The maximum absolute atomic E-state index is 11.8. The Hall–Kier alpha value is -0.570. The van der Waals surface area contributed by atoms with E-state index in [1.807, 2.05) is 13.8 Å². The van der Waals surface area contributed by atoms with E-state index in [2.05, 4.69) is 31.4 Å². The maximum atomic E-state index is 11.8. The van der Waals surface area contributed by atoms with Gasteiger partial charge in [-0.2, -0.15) is 0 Å². The third kappa shape index (κ3) is 6.11. The van der Waals surface area contributed by atoms with Crippen LogP contribution in [0.1, 0.15) is 60.3 Å². The first-order chi connectivity index (χ1) is 7.54. The predicted molar refractivity (Wildman–Crippen MR) is 69.5 cm³/mol. The number of carbonyl (C=O) groups is 1. The van der Waals surface area contributed by atoms with Gasteiger partial charge in [-0.25, -0.2) is 0 Å². The SMILES string of the molecule is CCCC(CC)NC(C)C(=O)NC(C)CC. The lowest BCUT2D eigenvalue weighted by Crippen LogP contribution is -2.48. The molecular weight excluding hydrogens is 200 g/mol. The molecule has 0 aromatic heterocycles. The summed E-state index contributed by atoms with van der Waals surface area (Å²) in [6, 6.07) is 0.635. The third-order valence-electron chi connectivity index (χ3n) is 3.01. The van der Waals surface area contributed by atoms with Gasteiger partial charge in [0.25, 0.3) is 0 Å². The van der Waals surface area contributed by atoms with Crippen LogP contribution in [0.15, 0.2) is 0 Å². The van der Waals surface area contributed by atoms with E-state index in [9.17, 15) is 4.79 Å². The fourth-order valence-corrected chi connectivity index (χ4v) is 1.65. The molecule has 0 saturated heterocycles. The van der Waals surface area contributed by atoms with Crippen molar-refractivity contribution in [1.29, 1.82) is 0 Å². The smallest absolute Gasteiger partial charge is 0.237 e. The van der Waals surface area contributed by atoms with E-state index in [0.29, 0.717) is 6.04 Å². The quantitative estimate of drug-likeness (QED) is 0.670. The molecule has 0 aliphatic rings. The van der Waals surface area contributed by atoms with E-state index < -0.39 is 0 Å². The van der Waals surface area contributed by atoms with Gasteiger partial charge in [0.1, 0.15) is 0 Å². The van der Waals surface area contributed by atoms with Gasteiger partial charge < -0.3 is 10.6 Å². The first-order valence-corrected chi connectivity index (χ1v) is 6.61. The van der Waals surface area contributed by atoms with E-state index >= 15 is 0 Å². The third-order valence-corrected chi connectivity index (χ3v) is 3.01. The lowest BCUT2D eigenvalue weighted by atomic mass is 10.1. The summed E-state index contributed by atoms with van der Waals surface area (Å²) in [5.41, 5.74) is 0. The molecule has 0 radical (unpaired) electrons. The lowest BCUT2D eigenvalue weighted by Gasteiger charge is -2.22. The molecule has 96 valence electrons. The topological polar surface area (TPSA) is 41.1 Å². The second kappa shape index (κ2) is 8.57. The average molecular weight is 228 g/mol. The summed E-state index contributed by atoms with van der Waals surface area (Å²) < 4.78 is 0. The highest BCUT2D eigenvalue weighted by atomic mass is 16.2. The predicted octanol–water partition coefficient (Wildman–Crippen LogP) is 2.46. The van der Waals surface area contributed by atoms with E-state index in [4.69, 9.17) is 0 Å². The molecule has 2 N–H and O–H groups in total. The molecule has 0 aromatic carbocycles. The Kier molecular flexibility index (Phi) is 8.26. The molecule has 3 heteroatoms. The van der Waals surface area contributed by atoms with Crippen LogP contribution >= 0.6 is 0 Å². The van der Waals surface area contributed by atoms with Crippen LogP contribution in [0.2, 0.25) is 0 Å². The highest BCUT2D eigenvalue weighted by Gasteiger charge is 2.17. The van der Waals surface area contributed by atoms with Crippen LogP contribution in [0.25, 0.3) is 0 Å². The fourth-order valence-electron chi connectivity index (χ4n) is 1.65. The zero-order valence-corrected chi connectivity index (χ0v) is 11.5. The zero-order chi connectivity index (χ0) is 12.6. The molecule has 3 atom stereocenters. The van der Waals surface area contributed by atoms with E-state index in [1.54, 1.807) is 0 Å². The van der Waals surface area contributed by atoms with Crippen LogP contribution in [0.5, 0.6) is 0 Å². The molecule has 0 heterocycles. The van der Waals surface area contributed by atoms with Gasteiger partial charge in [0, 0.05) is 12.1 Å². The molecule has 0 aliphatic carbocycles. The van der Waals surface area contributed by atoms with E-state index in [0.717, 1.165) is 25.7 Å². The van der Waals surface area contributed by atoms with Crippen molar-refractivity contribution in [1.82, 2.24) is 10.6 Å². The summed E-state index contributed by atoms with van der Waals surface area (Å²) in [5.74, 6) is 0.115. The molecule has 16 heavy (non-hydrogen) atoms. The first-order valence-electron chi connectivity index (χ1n) is 6.61. The van der Waals surface area contributed by atoms with Crippen molar-refractivity contribution in [2.45, 2.75) is 78.4 Å². The monoisotopic (exact) mass is 228 g/mol. The molecule has 0 spiro atoms. The number of nitrogens with one attached hydrogen (secondary N) is 2. The number of carbonyl (C=O) groups excluding carboxylic acids is 1. The Morgan fingerprint density at radius 1 is 1.12 bits per heavy atom. The summed E-state index contributed by atoms with van der Waals surface area (Å²) in [5, 5.41) is 6.38. The van der Waals surface area contributed by atoms with Crippen LogP contribution in [0, 0.1) is 0 Å². The van der Waals surface area contributed by atoms with Crippen LogP contribution < -0.4 is 10.6 Å². The number of hydrogen-bond donors (Lipinski definition) is 2. The number of rotatable bonds is 8. The first kappa shape index (κ1) is 15.4. The lowest BCUT2D eigenvalue weighted by molar-refractivity contribution is -0.123. The van der Waals surface area contributed by atoms with Crippen molar-refractivity contribution in [3.8, 4) is 0 Å². The van der Waals surface area contributed by atoms with Crippen molar-refractivity contribution < 1.29 is 4.79 Å². The van der Waals surface area contributed by atoms with Crippen LogP contribution in [0.3, 0.4) is 0 Å². The van der Waals surface area contributed by atoms with Gasteiger partial charge in [-0.15, -0.1) is 0 Å². The van der Waals surface area contributed by atoms with Crippen LogP contribution in [0.4, 0.5) is 0 Å². The Balaban J connectivity index is 4.02. The van der Waals surface area contributed by atoms with E-state index in [-0.39, 0.29) is 18.0 Å². The summed E-state index contributed by atoms with van der Waals surface area (Å²) in [7, 11) is 0. The second-order valence-corrected chi connectivity index (χ2v) is 4.60. The summed E-state index contributed by atoms with van der Waals surface area (Å²) >= 11 is 0. The molecule has 0 aromatic rings. The number of amides is 1. The van der Waals surface area contributed by atoms with E-state index in [1.165, 1.54) is 0 Å². The van der Waals surface area contributed by atoms with Crippen molar-refractivity contribution in [3.05, 3.63) is 0 Å². The summed E-state index contributed by atoms with van der Waals surface area (Å²) in [4.78, 5) is 11.8. The fraction of sp³-hybridized carbons (Fsp3) is 0.923. The van der Waals surface area contributed by atoms with Gasteiger partial charge in [0.2, 0.25) is 5.91 Å². The maximum Gasteiger partial charge on any atom is 0.237 e. The van der Waals surface area contributed by atoms with Crippen molar-refractivity contribution in [3.63, 3.8) is 0 Å². The second-order valence-electron chi connectivity index (χ2n) is 4.60. The molecule has 0 rings (SSSR count). The Bertz CT molecular complexity index is 194. The summed E-state index contributed by atoms with van der Waals surface area (Å²) in [6.45, 7) is 10.4. The molecule has 0 saturated carbocycles. The summed E-state index contributed by atoms with van der Waals surface area (Å²) in [6.07, 6.45) is 4.35. The molecule has 0 fully saturated rings. The normalized spacial score (nSPS) is 16.6. The standard InChI is InChI=1S/C13H28N2O/c1-6-9-12(8-3)15-11(5)13(16)14-10(4)7-2/h10-12,15H,6-9H2,1-5H3,(H,14,16). The van der Waals surface area contributed by atoms with Crippen molar-refractivity contribution in [2.75, 3.05) is 0 Å². The Morgan fingerprint density at radius 3 is 2.19 bits per heavy atom. The van der Waals surface area contributed by atoms with Crippen molar-refractivity contribution in [2.24, 2.45) is 0 Å². The van der Waals surface area contributed by atoms with Gasteiger partial charge in [0.15, 0.2) is 0 Å². The Morgan fingerprint density at radius 2 is 1.75 bits per heavy atom. The van der Waals surface area contributed by atoms with Gasteiger partial charge >= 0.3 is 0 Å². The van der Waals surface area contributed by atoms with Gasteiger partial charge in [0.05, 0.1) is 6.04 Å².